The number of hydrogen-bond acceptors (Lipinski definition) is 5. The van der Waals surface area contributed by atoms with Gasteiger partial charge in [0.05, 0.1) is 12.2 Å². The number of ether oxygens (including phenoxy) is 2. The van der Waals surface area contributed by atoms with Gasteiger partial charge in [-0.3, -0.25) is 0 Å². The fraction of sp³-hybridized carbons (Fsp3) is 0.714. The molecule has 0 unspecified atom stereocenters. The van der Waals surface area contributed by atoms with Crippen LogP contribution in [-0.4, -0.2) is 36.8 Å². The Morgan fingerprint density at radius 3 is 2.63 bits per heavy atom. The average molecular weight is 267 g/mol. The first-order valence-electron chi connectivity index (χ1n) is 6.93. The van der Waals surface area contributed by atoms with Gasteiger partial charge in [0, 0.05) is 13.7 Å². The topological polar surface area (TPSA) is 56.3 Å². The fourth-order valence-corrected chi connectivity index (χ4v) is 1.76. The number of nitrogens with zero attached hydrogens (tertiary/aromatic N) is 2. The van der Waals surface area contributed by atoms with Crippen LogP contribution in [0.3, 0.4) is 0 Å². The van der Waals surface area contributed by atoms with Crippen molar-refractivity contribution in [2.75, 3.05) is 32.2 Å². The lowest BCUT2D eigenvalue weighted by Crippen LogP contribution is -2.11. The molecule has 0 atom stereocenters. The van der Waals surface area contributed by atoms with E-state index in [9.17, 15) is 0 Å². The number of anilines is 1. The van der Waals surface area contributed by atoms with Crippen molar-refractivity contribution in [3.05, 3.63) is 11.9 Å². The lowest BCUT2D eigenvalue weighted by Gasteiger charge is -2.15. The highest BCUT2D eigenvalue weighted by Gasteiger charge is 2.15. The van der Waals surface area contributed by atoms with Crippen LogP contribution in [0, 0.1) is 0 Å². The zero-order valence-corrected chi connectivity index (χ0v) is 12.4. The highest BCUT2D eigenvalue weighted by molar-refractivity contribution is 5.50. The second-order valence-corrected chi connectivity index (χ2v) is 4.66. The van der Waals surface area contributed by atoms with Gasteiger partial charge in [-0.15, -0.1) is 0 Å². The van der Waals surface area contributed by atoms with E-state index < -0.39 is 0 Å². The maximum atomic E-state index is 5.71. The third-order valence-electron chi connectivity index (χ3n) is 2.77. The fourth-order valence-electron chi connectivity index (χ4n) is 1.76. The normalized spacial score (nSPS) is 10.8. The first kappa shape index (κ1) is 15.7. The van der Waals surface area contributed by atoms with E-state index in [4.69, 9.17) is 9.47 Å². The second kappa shape index (κ2) is 8.69. The SMILES string of the molecule is CCCCOCCOc1ncnc(NC)c1C(C)C. The van der Waals surface area contributed by atoms with Gasteiger partial charge in [-0.1, -0.05) is 27.2 Å². The minimum atomic E-state index is 0.305. The molecule has 19 heavy (non-hydrogen) atoms. The van der Waals surface area contributed by atoms with E-state index in [0.29, 0.717) is 25.0 Å². The van der Waals surface area contributed by atoms with Crippen LogP contribution >= 0.6 is 0 Å². The van der Waals surface area contributed by atoms with Crippen molar-refractivity contribution >= 4 is 5.82 Å². The molecule has 0 aromatic carbocycles. The second-order valence-electron chi connectivity index (χ2n) is 4.66. The van der Waals surface area contributed by atoms with E-state index >= 15 is 0 Å². The van der Waals surface area contributed by atoms with Crippen LogP contribution in [-0.2, 0) is 4.74 Å². The first-order chi connectivity index (χ1) is 9.20. The summed E-state index contributed by atoms with van der Waals surface area (Å²) < 4.78 is 11.2. The lowest BCUT2D eigenvalue weighted by atomic mass is 10.1. The Bertz CT molecular complexity index is 370. The Balaban J connectivity index is 2.53. The smallest absolute Gasteiger partial charge is 0.222 e. The summed E-state index contributed by atoms with van der Waals surface area (Å²) in [6, 6.07) is 0. The number of rotatable bonds is 9. The molecule has 0 aliphatic rings. The Labute approximate surface area is 115 Å². The third-order valence-corrected chi connectivity index (χ3v) is 2.77. The molecule has 0 bridgehead atoms. The standard InChI is InChI=1S/C14H25N3O2/c1-5-6-7-18-8-9-19-14-12(11(2)3)13(15-4)16-10-17-14/h10-11H,5-9H2,1-4H3,(H,15,16,17). The van der Waals surface area contributed by atoms with Gasteiger partial charge in [0.25, 0.3) is 0 Å². The maximum absolute atomic E-state index is 5.71. The van der Waals surface area contributed by atoms with E-state index in [2.05, 4.69) is 36.1 Å². The summed E-state index contributed by atoms with van der Waals surface area (Å²) in [6.45, 7) is 8.26. The summed E-state index contributed by atoms with van der Waals surface area (Å²) in [5, 5.41) is 3.07. The van der Waals surface area contributed by atoms with Crippen molar-refractivity contribution < 1.29 is 9.47 Å². The molecule has 1 N–H and O–H groups in total. The van der Waals surface area contributed by atoms with Gasteiger partial charge in [-0.2, -0.15) is 0 Å². The van der Waals surface area contributed by atoms with E-state index in [0.717, 1.165) is 30.8 Å². The molecule has 0 saturated carbocycles. The quantitative estimate of drug-likeness (QED) is 0.697. The molecular formula is C14H25N3O2. The molecule has 1 heterocycles. The minimum Gasteiger partial charge on any atom is -0.475 e. The van der Waals surface area contributed by atoms with Crippen LogP contribution < -0.4 is 10.1 Å². The van der Waals surface area contributed by atoms with Crippen LogP contribution in [0.5, 0.6) is 5.88 Å². The van der Waals surface area contributed by atoms with Crippen LogP contribution in [0.2, 0.25) is 0 Å². The van der Waals surface area contributed by atoms with E-state index in [1.165, 1.54) is 6.33 Å². The largest absolute Gasteiger partial charge is 0.475 e. The summed E-state index contributed by atoms with van der Waals surface area (Å²) in [5.41, 5.74) is 1.01. The lowest BCUT2D eigenvalue weighted by molar-refractivity contribution is 0.0960. The minimum absolute atomic E-state index is 0.305. The molecule has 0 radical (unpaired) electrons. The summed E-state index contributed by atoms with van der Waals surface area (Å²) in [4.78, 5) is 8.43. The highest BCUT2D eigenvalue weighted by atomic mass is 16.5. The molecule has 1 aromatic heterocycles. The average Bonchev–Trinajstić information content (AvgIpc) is 2.42. The van der Waals surface area contributed by atoms with Crippen molar-refractivity contribution in [2.24, 2.45) is 0 Å². The first-order valence-corrected chi connectivity index (χ1v) is 6.93. The molecule has 108 valence electrons. The number of hydrogen-bond donors (Lipinski definition) is 1. The molecule has 0 aliphatic carbocycles. The molecule has 1 aromatic rings. The van der Waals surface area contributed by atoms with Crippen LogP contribution in [0.4, 0.5) is 5.82 Å². The Kier molecular flexibility index (Phi) is 7.18. The van der Waals surface area contributed by atoms with E-state index in [-0.39, 0.29) is 0 Å². The van der Waals surface area contributed by atoms with Crippen molar-refractivity contribution in [2.45, 2.75) is 39.5 Å². The van der Waals surface area contributed by atoms with Crippen molar-refractivity contribution in [1.82, 2.24) is 9.97 Å². The van der Waals surface area contributed by atoms with Crippen molar-refractivity contribution in [3.8, 4) is 5.88 Å². The summed E-state index contributed by atoms with van der Waals surface area (Å²) in [7, 11) is 1.85. The van der Waals surface area contributed by atoms with Crippen molar-refractivity contribution in [3.63, 3.8) is 0 Å². The molecule has 0 saturated heterocycles. The van der Waals surface area contributed by atoms with Gasteiger partial charge in [0.15, 0.2) is 0 Å². The van der Waals surface area contributed by atoms with Gasteiger partial charge < -0.3 is 14.8 Å². The zero-order valence-electron chi connectivity index (χ0n) is 12.4. The van der Waals surface area contributed by atoms with Gasteiger partial charge >= 0.3 is 0 Å². The van der Waals surface area contributed by atoms with Crippen LogP contribution in [0.15, 0.2) is 6.33 Å². The summed E-state index contributed by atoms with van der Waals surface area (Å²) in [6.07, 6.45) is 3.76. The zero-order chi connectivity index (χ0) is 14.1. The maximum Gasteiger partial charge on any atom is 0.222 e. The van der Waals surface area contributed by atoms with Gasteiger partial charge in [0.2, 0.25) is 5.88 Å². The van der Waals surface area contributed by atoms with E-state index in [1.807, 2.05) is 7.05 Å². The van der Waals surface area contributed by atoms with Gasteiger partial charge in [-0.25, -0.2) is 9.97 Å². The molecule has 0 amide bonds. The van der Waals surface area contributed by atoms with Gasteiger partial charge in [-0.05, 0) is 12.3 Å². The molecule has 5 heteroatoms. The van der Waals surface area contributed by atoms with Crippen LogP contribution in [0.1, 0.15) is 45.1 Å². The highest BCUT2D eigenvalue weighted by Crippen LogP contribution is 2.29. The Hall–Kier alpha value is -1.36. The molecule has 0 spiro atoms. The predicted molar refractivity (Wildman–Crippen MR) is 76.9 cm³/mol. The predicted octanol–water partition coefficient (Wildman–Crippen LogP) is 2.84. The van der Waals surface area contributed by atoms with Gasteiger partial charge in [0.1, 0.15) is 18.8 Å². The molecule has 5 nitrogen and oxygen atoms in total. The van der Waals surface area contributed by atoms with Crippen molar-refractivity contribution in [1.29, 1.82) is 0 Å². The Morgan fingerprint density at radius 2 is 2.00 bits per heavy atom. The number of unbranched alkanes of at least 4 members (excludes halogenated alkanes) is 1. The third kappa shape index (κ3) is 5.03. The molecular weight excluding hydrogens is 242 g/mol. The van der Waals surface area contributed by atoms with Crippen LogP contribution in [0.25, 0.3) is 0 Å². The van der Waals surface area contributed by atoms with E-state index in [1.54, 1.807) is 0 Å². The molecule has 0 aliphatic heterocycles. The Morgan fingerprint density at radius 1 is 1.21 bits per heavy atom. The summed E-state index contributed by atoms with van der Waals surface area (Å²) >= 11 is 0. The number of aromatic nitrogens is 2. The monoisotopic (exact) mass is 267 g/mol. The summed E-state index contributed by atoms with van der Waals surface area (Å²) in [5.74, 6) is 1.78. The molecule has 1 rings (SSSR count). The number of nitrogens with one attached hydrogen (secondary N) is 1. The molecule has 0 fully saturated rings.